The molecular weight excluding hydrogens is 228 g/mol. The molecule has 0 atom stereocenters. The topological polar surface area (TPSA) is 72.6 Å². The lowest BCUT2D eigenvalue weighted by molar-refractivity contribution is 0.0730. The first-order valence-electron chi connectivity index (χ1n) is 5.92. The highest BCUT2D eigenvalue weighted by Crippen LogP contribution is 2.09. The third kappa shape index (κ3) is 4.78. The molecule has 1 heterocycles. The molecule has 96 valence electrons. The van der Waals surface area contributed by atoms with Crippen LogP contribution >= 0.6 is 0 Å². The van der Waals surface area contributed by atoms with Crippen molar-refractivity contribution in [1.82, 2.24) is 4.31 Å². The molecule has 0 aromatic carbocycles. The highest BCUT2D eigenvalue weighted by Gasteiger charge is 2.23. The monoisotopic (exact) mass is 250 g/mol. The van der Waals surface area contributed by atoms with Crippen LogP contribution in [0.15, 0.2) is 0 Å². The lowest BCUT2D eigenvalue weighted by Gasteiger charge is -2.25. The number of sulfonamides is 1. The van der Waals surface area contributed by atoms with Crippen molar-refractivity contribution in [1.29, 1.82) is 0 Å². The molecular formula is C10H22N2O3S. The van der Waals surface area contributed by atoms with Crippen molar-refractivity contribution in [2.24, 2.45) is 5.73 Å². The van der Waals surface area contributed by atoms with Crippen molar-refractivity contribution >= 4 is 10.0 Å². The number of nitrogens with two attached hydrogens (primary N) is 1. The Morgan fingerprint density at radius 1 is 1.06 bits per heavy atom. The van der Waals surface area contributed by atoms with E-state index in [9.17, 15) is 8.42 Å². The first kappa shape index (κ1) is 13.9. The Bertz CT molecular complexity index is 274. The smallest absolute Gasteiger partial charge is 0.214 e. The Kier molecular flexibility index (Phi) is 6.26. The highest BCUT2D eigenvalue weighted by atomic mass is 32.2. The molecule has 0 saturated carbocycles. The number of nitrogens with zero attached hydrogens (tertiary/aromatic N) is 1. The van der Waals surface area contributed by atoms with E-state index >= 15 is 0 Å². The summed E-state index contributed by atoms with van der Waals surface area (Å²) in [5.41, 5.74) is 5.37. The summed E-state index contributed by atoms with van der Waals surface area (Å²) in [6.07, 6.45) is 3.69. The van der Waals surface area contributed by atoms with Crippen molar-refractivity contribution < 1.29 is 13.2 Å². The van der Waals surface area contributed by atoms with E-state index in [0.29, 0.717) is 32.8 Å². The van der Waals surface area contributed by atoms with Crippen molar-refractivity contribution in [3.63, 3.8) is 0 Å². The minimum atomic E-state index is -3.05. The maximum atomic E-state index is 11.9. The van der Waals surface area contributed by atoms with E-state index in [0.717, 1.165) is 25.7 Å². The Labute approximate surface area is 98.0 Å². The number of unbranched alkanes of at least 4 members (excludes halogenated alkanes) is 3. The molecule has 0 unspecified atom stereocenters. The lowest BCUT2D eigenvalue weighted by atomic mass is 10.2. The highest BCUT2D eigenvalue weighted by molar-refractivity contribution is 7.89. The van der Waals surface area contributed by atoms with Crippen LogP contribution in [-0.2, 0) is 14.8 Å². The molecule has 1 aliphatic heterocycles. The fourth-order valence-corrected chi connectivity index (χ4v) is 3.27. The molecule has 0 aromatic heterocycles. The van der Waals surface area contributed by atoms with Crippen molar-refractivity contribution in [3.8, 4) is 0 Å². The quantitative estimate of drug-likeness (QED) is 0.654. The summed E-state index contributed by atoms with van der Waals surface area (Å²) >= 11 is 0. The maximum Gasteiger partial charge on any atom is 0.214 e. The maximum absolute atomic E-state index is 11.9. The second-order valence-electron chi connectivity index (χ2n) is 4.03. The van der Waals surface area contributed by atoms with Gasteiger partial charge in [0, 0.05) is 13.1 Å². The third-order valence-corrected chi connectivity index (χ3v) is 4.68. The van der Waals surface area contributed by atoms with Crippen LogP contribution < -0.4 is 5.73 Å². The van der Waals surface area contributed by atoms with Gasteiger partial charge in [0.15, 0.2) is 0 Å². The summed E-state index contributed by atoms with van der Waals surface area (Å²) in [7, 11) is -3.05. The average Bonchev–Trinajstić information content (AvgIpc) is 2.30. The number of hydrogen-bond donors (Lipinski definition) is 1. The van der Waals surface area contributed by atoms with Crippen LogP contribution in [0.5, 0.6) is 0 Å². The van der Waals surface area contributed by atoms with Gasteiger partial charge in [-0.25, -0.2) is 8.42 Å². The Balaban J connectivity index is 2.22. The Morgan fingerprint density at radius 3 is 2.31 bits per heavy atom. The predicted molar refractivity (Wildman–Crippen MR) is 63.7 cm³/mol. The zero-order valence-corrected chi connectivity index (χ0v) is 10.5. The molecule has 1 saturated heterocycles. The second kappa shape index (κ2) is 7.21. The largest absolute Gasteiger partial charge is 0.379 e. The van der Waals surface area contributed by atoms with Crippen LogP contribution in [0.3, 0.4) is 0 Å². The molecule has 1 aliphatic rings. The number of rotatable bonds is 7. The summed E-state index contributed by atoms with van der Waals surface area (Å²) in [6, 6.07) is 0. The van der Waals surface area contributed by atoms with Crippen molar-refractivity contribution in [2.75, 3.05) is 38.6 Å². The zero-order valence-electron chi connectivity index (χ0n) is 9.73. The molecule has 0 spiro atoms. The zero-order chi connectivity index (χ0) is 11.9. The van der Waals surface area contributed by atoms with Crippen LogP contribution in [0.1, 0.15) is 25.7 Å². The molecule has 0 bridgehead atoms. The van der Waals surface area contributed by atoms with E-state index in [-0.39, 0.29) is 5.75 Å². The van der Waals surface area contributed by atoms with Gasteiger partial charge < -0.3 is 10.5 Å². The van der Waals surface area contributed by atoms with Gasteiger partial charge in [-0.15, -0.1) is 0 Å². The van der Waals surface area contributed by atoms with Gasteiger partial charge in [-0.2, -0.15) is 4.31 Å². The van der Waals surface area contributed by atoms with Gasteiger partial charge in [-0.1, -0.05) is 12.8 Å². The van der Waals surface area contributed by atoms with Crippen molar-refractivity contribution in [3.05, 3.63) is 0 Å². The van der Waals surface area contributed by atoms with Crippen LogP contribution in [0, 0.1) is 0 Å². The first-order chi connectivity index (χ1) is 7.67. The third-order valence-electron chi connectivity index (χ3n) is 2.72. The minimum Gasteiger partial charge on any atom is -0.379 e. The summed E-state index contributed by atoms with van der Waals surface area (Å²) in [6.45, 7) is 2.74. The van der Waals surface area contributed by atoms with Crippen LogP contribution in [-0.4, -0.2) is 51.3 Å². The van der Waals surface area contributed by atoms with E-state index in [2.05, 4.69) is 0 Å². The Morgan fingerprint density at radius 2 is 1.69 bits per heavy atom. The van der Waals surface area contributed by atoms with E-state index in [4.69, 9.17) is 10.5 Å². The van der Waals surface area contributed by atoms with Gasteiger partial charge in [0.1, 0.15) is 0 Å². The number of ether oxygens (including phenoxy) is 1. The standard InChI is InChI=1S/C10H22N2O3S/c11-5-3-1-2-4-10-16(13,14)12-6-8-15-9-7-12/h1-11H2. The fraction of sp³-hybridized carbons (Fsp3) is 1.00. The van der Waals surface area contributed by atoms with Gasteiger partial charge in [0.2, 0.25) is 10.0 Å². The molecule has 6 heteroatoms. The van der Waals surface area contributed by atoms with Crippen LogP contribution in [0.2, 0.25) is 0 Å². The fourth-order valence-electron chi connectivity index (χ4n) is 1.74. The number of hydrogen-bond acceptors (Lipinski definition) is 4. The summed E-state index contributed by atoms with van der Waals surface area (Å²) in [4.78, 5) is 0. The van der Waals surface area contributed by atoms with Crippen molar-refractivity contribution in [2.45, 2.75) is 25.7 Å². The van der Waals surface area contributed by atoms with Crippen LogP contribution in [0.25, 0.3) is 0 Å². The number of morpholine rings is 1. The molecule has 0 aromatic rings. The molecule has 0 aliphatic carbocycles. The molecule has 1 rings (SSSR count). The van der Waals surface area contributed by atoms with E-state index in [1.54, 1.807) is 4.31 Å². The molecule has 16 heavy (non-hydrogen) atoms. The summed E-state index contributed by atoms with van der Waals surface area (Å²) in [5.74, 6) is 0.261. The van der Waals surface area contributed by atoms with Gasteiger partial charge in [0.25, 0.3) is 0 Å². The van der Waals surface area contributed by atoms with Gasteiger partial charge in [-0.3, -0.25) is 0 Å². The molecule has 0 amide bonds. The van der Waals surface area contributed by atoms with Crippen LogP contribution in [0.4, 0.5) is 0 Å². The van der Waals surface area contributed by atoms with E-state index in [1.807, 2.05) is 0 Å². The molecule has 5 nitrogen and oxygen atoms in total. The minimum absolute atomic E-state index is 0.261. The molecule has 0 radical (unpaired) electrons. The Hall–Kier alpha value is -0.170. The summed E-state index contributed by atoms with van der Waals surface area (Å²) < 4.78 is 30.4. The molecule has 2 N–H and O–H groups in total. The normalized spacial score (nSPS) is 18.8. The second-order valence-corrected chi connectivity index (χ2v) is 6.12. The van der Waals surface area contributed by atoms with E-state index < -0.39 is 10.0 Å². The van der Waals surface area contributed by atoms with Gasteiger partial charge >= 0.3 is 0 Å². The molecule has 1 fully saturated rings. The SMILES string of the molecule is NCCCCCCS(=O)(=O)N1CCOCC1. The predicted octanol–water partition coefficient (Wildman–Crippen LogP) is 0.168. The first-order valence-corrected chi connectivity index (χ1v) is 7.53. The van der Waals surface area contributed by atoms with Gasteiger partial charge in [0.05, 0.1) is 19.0 Å². The van der Waals surface area contributed by atoms with E-state index in [1.165, 1.54) is 0 Å². The van der Waals surface area contributed by atoms with Gasteiger partial charge in [-0.05, 0) is 19.4 Å². The lowest BCUT2D eigenvalue weighted by Crippen LogP contribution is -2.41. The average molecular weight is 250 g/mol. The summed E-state index contributed by atoms with van der Waals surface area (Å²) in [5, 5.41) is 0.